The Bertz CT molecular complexity index is 864. The molecule has 1 amide bonds. The maximum absolute atomic E-state index is 13.3. The van der Waals surface area contributed by atoms with Gasteiger partial charge in [0.1, 0.15) is 0 Å². The number of nitrogens with one attached hydrogen (secondary N) is 1. The SMILES string of the molecule is Cc1cc(C(=O)Nc2ccc(N(C)C)cc2C(F)(F)F)ccc1[N+](=O)[O-]. The third-order valence-electron chi connectivity index (χ3n) is 3.73. The van der Waals surface area contributed by atoms with Crippen molar-refractivity contribution in [2.24, 2.45) is 0 Å². The standard InChI is InChI=1S/C17H16F3N3O3/c1-10-8-11(4-7-15(10)23(25)26)16(24)21-14-6-5-12(22(2)3)9-13(14)17(18,19)20/h4-9H,1-3H3,(H,21,24). The van der Waals surface area contributed by atoms with Gasteiger partial charge in [0.2, 0.25) is 0 Å². The number of aryl methyl sites for hydroxylation is 1. The molecule has 9 heteroatoms. The van der Waals surface area contributed by atoms with Gasteiger partial charge in [0.15, 0.2) is 0 Å². The van der Waals surface area contributed by atoms with E-state index in [1.165, 1.54) is 36.1 Å². The van der Waals surface area contributed by atoms with E-state index in [9.17, 15) is 28.1 Å². The van der Waals surface area contributed by atoms with Crippen LogP contribution in [0.4, 0.5) is 30.2 Å². The number of hydrogen-bond acceptors (Lipinski definition) is 4. The zero-order valence-electron chi connectivity index (χ0n) is 14.2. The van der Waals surface area contributed by atoms with Gasteiger partial charge in [-0.15, -0.1) is 0 Å². The number of nitro groups is 1. The molecule has 0 spiro atoms. The molecular formula is C17H16F3N3O3. The first-order valence-electron chi connectivity index (χ1n) is 7.45. The van der Waals surface area contributed by atoms with Crippen LogP contribution in [0.3, 0.4) is 0 Å². The lowest BCUT2D eigenvalue weighted by molar-refractivity contribution is -0.385. The number of halogens is 3. The maximum Gasteiger partial charge on any atom is 0.418 e. The van der Waals surface area contributed by atoms with Gasteiger partial charge < -0.3 is 10.2 Å². The molecule has 0 atom stereocenters. The van der Waals surface area contributed by atoms with Crippen molar-refractivity contribution in [2.75, 3.05) is 24.3 Å². The van der Waals surface area contributed by atoms with Crippen molar-refractivity contribution in [3.8, 4) is 0 Å². The molecule has 0 aliphatic carbocycles. The Morgan fingerprint density at radius 3 is 2.31 bits per heavy atom. The molecule has 2 rings (SSSR count). The van der Waals surface area contributed by atoms with Gasteiger partial charge in [-0.1, -0.05) is 0 Å². The molecule has 0 aliphatic rings. The largest absolute Gasteiger partial charge is 0.418 e. The fraction of sp³-hybridized carbons (Fsp3) is 0.235. The van der Waals surface area contributed by atoms with E-state index in [2.05, 4.69) is 5.32 Å². The molecule has 2 aromatic carbocycles. The van der Waals surface area contributed by atoms with Gasteiger partial charge in [-0.3, -0.25) is 14.9 Å². The molecule has 0 saturated carbocycles. The molecule has 138 valence electrons. The average molecular weight is 367 g/mol. The lowest BCUT2D eigenvalue weighted by atomic mass is 10.1. The highest BCUT2D eigenvalue weighted by molar-refractivity contribution is 6.05. The predicted octanol–water partition coefficient (Wildman–Crippen LogP) is 4.24. The van der Waals surface area contributed by atoms with Crippen LogP contribution in [0.2, 0.25) is 0 Å². The number of anilines is 2. The molecule has 0 fully saturated rings. The summed E-state index contributed by atoms with van der Waals surface area (Å²) in [4.78, 5) is 24.0. The minimum atomic E-state index is -4.65. The molecule has 26 heavy (non-hydrogen) atoms. The van der Waals surface area contributed by atoms with Crippen molar-refractivity contribution in [3.63, 3.8) is 0 Å². The van der Waals surface area contributed by atoms with Crippen molar-refractivity contribution >= 4 is 23.0 Å². The summed E-state index contributed by atoms with van der Waals surface area (Å²) in [5.41, 5.74) is -0.936. The second kappa shape index (κ2) is 7.03. The van der Waals surface area contributed by atoms with E-state index in [1.807, 2.05) is 0 Å². The van der Waals surface area contributed by atoms with Gasteiger partial charge in [0.05, 0.1) is 16.2 Å². The van der Waals surface area contributed by atoms with E-state index >= 15 is 0 Å². The predicted molar refractivity (Wildman–Crippen MR) is 91.6 cm³/mol. The van der Waals surface area contributed by atoms with Crippen LogP contribution in [0, 0.1) is 17.0 Å². The number of amides is 1. The molecule has 0 heterocycles. The Kier molecular flexibility index (Phi) is 5.20. The van der Waals surface area contributed by atoms with Crippen molar-refractivity contribution in [3.05, 3.63) is 63.2 Å². The number of benzene rings is 2. The zero-order valence-corrected chi connectivity index (χ0v) is 14.2. The summed E-state index contributed by atoms with van der Waals surface area (Å²) >= 11 is 0. The van der Waals surface area contributed by atoms with E-state index in [0.717, 1.165) is 12.1 Å². The minimum absolute atomic E-state index is 0.0258. The summed E-state index contributed by atoms with van der Waals surface area (Å²) in [5.74, 6) is -0.786. The molecule has 0 saturated heterocycles. The average Bonchev–Trinajstić information content (AvgIpc) is 2.53. The van der Waals surface area contributed by atoms with Crippen LogP contribution in [0.1, 0.15) is 21.5 Å². The van der Waals surface area contributed by atoms with E-state index < -0.39 is 22.6 Å². The van der Waals surface area contributed by atoms with Crippen LogP contribution in [-0.2, 0) is 6.18 Å². The first-order valence-corrected chi connectivity index (χ1v) is 7.45. The number of rotatable bonds is 4. The number of carbonyl (C=O) groups excluding carboxylic acids is 1. The fourth-order valence-corrected chi connectivity index (χ4v) is 2.35. The third kappa shape index (κ3) is 4.11. The molecule has 2 aromatic rings. The van der Waals surface area contributed by atoms with E-state index in [0.29, 0.717) is 5.69 Å². The van der Waals surface area contributed by atoms with Crippen molar-refractivity contribution < 1.29 is 22.9 Å². The third-order valence-corrected chi connectivity index (χ3v) is 3.73. The highest BCUT2D eigenvalue weighted by atomic mass is 19.4. The number of hydrogen-bond donors (Lipinski definition) is 1. The maximum atomic E-state index is 13.3. The topological polar surface area (TPSA) is 75.5 Å². The second-order valence-corrected chi connectivity index (χ2v) is 5.83. The van der Waals surface area contributed by atoms with Crippen molar-refractivity contribution in [2.45, 2.75) is 13.1 Å². The van der Waals surface area contributed by atoms with Gasteiger partial charge in [-0.2, -0.15) is 13.2 Å². The van der Waals surface area contributed by atoms with Gasteiger partial charge in [-0.05, 0) is 37.3 Å². The highest BCUT2D eigenvalue weighted by Crippen LogP contribution is 2.37. The normalized spacial score (nSPS) is 11.2. The quantitative estimate of drug-likeness (QED) is 0.648. The Hall–Kier alpha value is -3.10. The Balaban J connectivity index is 2.37. The number of carbonyl (C=O) groups is 1. The van der Waals surface area contributed by atoms with Gasteiger partial charge >= 0.3 is 6.18 Å². The first kappa shape index (κ1) is 19.2. The number of nitro benzene ring substituents is 1. The molecule has 1 N–H and O–H groups in total. The van der Waals surface area contributed by atoms with E-state index in [1.54, 1.807) is 14.1 Å². The summed E-state index contributed by atoms with van der Waals surface area (Å²) < 4.78 is 39.9. The van der Waals surface area contributed by atoms with Crippen molar-refractivity contribution in [1.82, 2.24) is 0 Å². The lowest BCUT2D eigenvalue weighted by Gasteiger charge is -2.18. The van der Waals surface area contributed by atoms with Gasteiger partial charge in [0.25, 0.3) is 11.6 Å². The Morgan fingerprint density at radius 1 is 1.15 bits per heavy atom. The molecule has 0 aromatic heterocycles. The molecule has 0 unspecified atom stereocenters. The van der Waals surface area contributed by atoms with Crippen molar-refractivity contribution in [1.29, 1.82) is 0 Å². The molecule has 0 aliphatic heterocycles. The molecule has 6 nitrogen and oxygen atoms in total. The Labute approximate surface area is 147 Å². The van der Waals surface area contributed by atoms with Crippen LogP contribution in [0.5, 0.6) is 0 Å². The molecule has 0 radical (unpaired) electrons. The van der Waals surface area contributed by atoms with E-state index in [-0.39, 0.29) is 22.5 Å². The fourth-order valence-electron chi connectivity index (χ4n) is 2.35. The van der Waals surface area contributed by atoms with Gasteiger partial charge in [-0.25, -0.2) is 0 Å². The van der Waals surface area contributed by atoms with Crippen LogP contribution in [0.15, 0.2) is 36.4 Å². The molecular weight excluding hydrogens is 351 g/mol. The van der Waals surface area contributed by atoms with Gasteiger partial charge in [0, 0.05) is 37.0 Å². The summed E-state index contributed by atoms with van der Waals surface area (Å²) in [6.45, 7) is 1.45. The van der Waals surface area contributed by atoms with Crippen LogP contribution in [0.25, 0.3) is 0 Å². The molecule has 0 bridgehead atoms. The Morgan fingerprint density at radius 2 is 1.81 bits per heavy atom. The summed E-state index contributed by atoms with van der Waals surface area (Å²) in [6, 6.07) is 7.16. The highest BCUT2D eigenvalue weighted by Gasteiger charge is 2.34. The minimum Gasteiger partial charge on any atom is -0.378 e. The van der Waals surface area contributed by atoms with E-state index in [4.69, 9.17) is 0 Å². The summed E-state index contributed by atoms with van der Waals surface area (Å²) in [6.07, 6.45) is -4.65. The van der Waals surface area contributed by atoms with Crippen LogP contribution in [-0.4, -0.2) is 24.9 Å². The number of nitrogens with zero attached hydrogens (tertiary/aromatic N) is 2. The lowest BCUT2D eigenvalue weighted by Crippen LogP contribution is -2.18. The number of alkyl halides is 3. The van der Waals surface area contributed by atoms with Crippen LogP contribution >= 0.6 is 0 Å². The second-order valence-electron chi connectivity index (χ2n) is 5.83. The monoisotopic (exact) mass is 367 g/mol. The first-order chi connectivity index (χ1) is 12.0. The zero-order chi connectivity index (χ0) is 19.6. The van der Waals surface area contributed by atoms with Crippen LogP contribution < -0.4 is 10.2 Å². The summed E-state index contributed by atoms with van der Waals surface area (Å²) in [5, 5.41) is 13.0. The smallest absolute Gasteiger partial charge is 0.378 e. The summed E-state index contributed by atoms with van der Waals surface area (Å²) in [7, 11) is 3.21.